The fourth-order valence-corrected chi connectivity index (χ4v) is 0.470. The Morgan fingerprint density at radius 3 is 2.40 bits per heavy atom. The van der Waals surface area contributed by atoms with E-state index in [9.17, 15) is 4.79 Å². The van der Waals surface area contributed by atoms with Crippen molar-refractivity contribution in [2.24, 2.45) is 0 Å². The zero-order valence-electron chi connectivity index (χ0n) is 6.96. The molecule has 0 fully saturated rings. The molecule has 3 nitrogen and oxygen atoms in total. The van der Waals surface area contributed by atoms with Crippen LogP contribution in [0.25, 0.3) is 0 Å². The molecule has 0 aromatic carbocycles. The molecule has 0 unspecified atom stereocenters. The summed E-state index contributed by atoms with van der Waals surface area (Å²) in [4.78, 5) is 9.80. The van der Waals surface area contributed by atoms with E-state index in [1.54, 1.807) is 0 Å². The van der Waals surface area contributed by atoms with Gasteiger partial charge in [0.1, 0.15) is 19.4 Å². The maximum absolute atomic E-state index is 9.80. The summed E-state index contributed by atoms with van der Waals surface area (Å²) in [5, 5.41) is 0. The maximum atomic E-state index is 9.80. The zero-order valence-corrected chi connectivity index (χ0v) is 6.96. The van der Waals surface area contributed by atoms with Gasteiger partial charge >= 0.3 is 0 Å². The van der Waals surface area contributed by atoms with E-state index in [2.05, 4.69) is 21.1 Å². The van der Waals surface area contributed by atoms with Crippen molar-refractivity contribution in [3.8, 4) is 0 Å². The van der Waals surface area contributed by atoms with Crippen LogP contribution in [0.1, 0.15) is 0 Å². The lowest BCUT2D eigenvalue weighted by molar-refractivity contribution is -0.870. The standard InChI is InChI=1S/C7H16NO2/c1-8(2,3)4-6-10-7-5-9/h5H,4,6-7H2,1-3H3/q+1. The van der Waals surface area contributed by atoms with Crippen molar-refractivity contribution >= 4 is 6.29 Å². The molecule has 0 N–H and O–H groups in total. The van der Waals surface area contributed by atoms with E-state index in [0.717, 1.165) is 17.3 Å². The lowest BCUT2D eigenvalue weighted by Crippen LogP contribution is -2.37. The SMILES string of the molecule is C[N+](C)(C)CCOCC=O. The van der Waals surface area contributed by atoms with Crippen LogP contribution in [-0.4, -0.2) is 51.7 Å². The number of hydrogen-bond donors (Lipinski definition) is 0. The van der Waals surface area contributed by atoms with Crippen LogP contribution in [0.2, 0.25) is 0 Å². The Hall–Kier alpha value is -0.410. The number of nitrogens with zero attached hydrogens (tertiary/aromatic N) is 1. The lowest BCUT2D eigenvalue weighted by atomic mass is 10.5. The molecule has 10 heavy (non-hydrogen) atoms. The van der Waals surface area contributed by atoms with Crippen molar-refractivity contribution in [2.45, 2.75) is 0 Å². The van der Waals surface area contributed by atoms with E-state index in [-0.39, 0.29) is 6.61 Å². The van der Waals surface area contributed by atoms with E-state index >= 15 is 0 Å². The highest BCUT2D eigenvalue weighted by molar-refractivity contribution is 5.50. The van der Waals surface area contributed by atoms with Crippen LogP contribution in [0.5, 0.6) is 0 Å². The van der Waals surface area contributed by atoms with Gasteiger partial charge < -0.3 is 14.0 Å². The zero-order chi connectivity index (χ0) is 8.04. The first-order valence-corrected chi connectivity index (χ1v) is 3.38. The number of hydrogen-bond acceptors (Lipinski definition) is 2. The van der Waals surface area contributed by atoms with Crippen LogP contribution in [0.15, 0.2) is 0 Å². The van der Waals surface area contributed by atoms with E-state index in [1.165, 1.54) is 0 Å². The summed E-state index contributed by atoms with van der Waals surface area (Å²) < 4.78 is 5.85. The quantitative estimate of drug-likeness (QED) is 0.308. The second-order valence-electron chi connectivity index (χ2n) is 3.26. The molecule has 0 bridgehead atoms. The molecule has 0 heterocycles. The molecular formula is C7H16NO2+. The van der Waals surface area contributed by atoms with Crippen molar-refractivity contribution < 1.29 is 14.0 Å². The summed E-state index contributed by atoms with van der Waals surface area (Å²) in [5.41, 5.74) is 0. The molecular weight excluding hydrogens is 130 g/mol. The third-order valence-electron chi connectivity index (χ3n) is 1.09. The van der Waals surface area contributed by atoms with Crippen LogP contribution in [0.4, 0.5) is 0 Å². The molecule has 0 rings (SSSR count). The Kier molecular flexibility index (Phi) is 4.23. The van der Waals surface area contributed by atoms with Crippen molar-refractivity contribution in [3.05, 3.63) is 0 Å². The van der Waals surface area contributed by atoms with Crippen LogP contribution in [0, 0.1) is 0 Å². The third kappa shape index (κ3) is 7.59. The monoisotopic (exact) mass is 146 g/mol. The molecule has 0 aliphatic heterocycles. The summed E-state index contributed by atoms with van der Waals surface area (Å²) in [5.74, 6) is 0. The first-order valence-electron chi connectivity index (χ1n) is 3.38. The minimum atomic E-state index is 0.222. The van der Waals surface area contributed by atoms with Gasteiger partial charge in [0.2, 0.25) is 0 Å². The number of rotatable bonds is 5. The average Bonchev–Trinajstić information content (AvgIpc) is 1.78. The normalized spacial score (nSPS) is 11.5. The number of carbonyl (C=O) groups is 1. The minimum Gasteiger partial charge on any atom is -0.368 e. The van der Waals surface area contributed by atoms with E-state index in [4.69, 9.17) is 4.74 Å². The molecule has 0 atom stereocenters. The highest BCUT2D eigenvalue weighted by Crippen LogP contribution is 1.88. The Labute approximate surface area is 62.2 Å². The van der Waals surface area contributed by atoms with Crippen LogP contribution < -0.4 is 0 Å². The lowest BCUT2D eigenvalue weighted by Gasteiger charge is -2.23. The summed E-state index contributed by atoms with van der Waals surface area (Å²) in [6, 6.07) is 0. The third-order valence-corrected chi connectivity index (χ3v) is 1.09. The van der Waals surface area contributed by atoms with Gasteiger partial charge in [0, 0.05) is 0 Å². The molecule has 0 spiro atoms. The average molecular weight is 146 g/mol. The maximum Gasteiger partial charge on any atom is 0.145 e. The van der Waals surface area contributed by atoms with Crippen molar-refractivity contribution in [2.75, 3.05) is 40.9 Å². The summed E-state index contributed by atoms with van der Waals surface area (Å²) >= 11 is 0. The molecule has 0 saturated carbocycles. The Morgan fingerprint density at radius 2 is 2.00 bits per heavy atom. The van der Waals surface area contributed by atoms with Crippen molar-refractivity contribution in [3.63, 3.8) is 0 Å². The van der Waals surface area contributed by atoms with E-state index in [0.29, 0.717) is 6.61 Å². The molecule has 0 radical (unpaired) electrons. The molecule has 0 aliphatic rings. The molecule has 60 valence electrons. The van der Waals surface area contributed by atoms with E-state index in [1.807, 2.05) is 0 Å². The van der Waals surface area contributed by atoms with Crippen molar-refractivity contribution in [1.82, 2.24) is 0 Å². The predicted molar refractivity (Wildman–Crippen MR) is 39.8 cm³/mol. The highest BCUT2D eigenvalue weighted by atomic mass is 16.5. The highest BCUT2D eigenvalue weighted by Gasteiger charge is 2.04. The number of aldehydes is 1. The molecule has 0 aromatic heterocycles. The van der Waals surface area contributed by atoms with Gasteiger partial charge in [-0.25, -0.2) is 0 Å². The Balaban J connectivity index is 3.12. The second kappa shape index (κ2) is 4.41. The molecule has 3 heteroatoms. The van der Waals surface area contributed by atoms with Gasteiger partial charge in [0.25, 0.3) is 0 Å². The predicted octanol–water partition coefficient (Wildman–Crippen LogP) is -0.0919. The largest absolute Gasteiger partial charge is 0.368 e. The van der Waals surface area contributed by atoms with Gasteiger partial charge in [-0.05, 0) is 0 Å². The van der Waals surface area contributed by atoms with Crippen LogP contribution in [-0.2, 0) is 9.53 Å². The summed E-state index contributed by atoms with van der Waals surface area (Å²) in [7, 11) is 6.26. The molecule has 0 amide bonds. The topological polar surface area (TPSA) is 26.3 Å². The van der Waals surface area contributed by atoms with Gasteiger partial charge in [-0.2, -0.15) is 0 Å². The van der Waals surface area contributed by atoms with E-state index < -0.39 is 0 Å². The molecule has 0 aliphatic carbocycles. The van der Waals surface area contributed by atoms with Gasteiger partial charge in [-0.3, -0.25) is 0 Å². The van der Waals surface area contributed by atoms with Gasteiger partial charge in [-0.1, -0.05) is 0 Å². The summed E-state index contributed by atoms with van der Waals surface area (Å²) in [6.07, 6.45) is 0.773. The fourth-order valence-electron chi connectivity index (χ4n) is 0.470. The Bertz CT molecular complexity index is 96.3. The minimum absolute atomic E-state index is 0.222. The van der Waals surface area contributed by atoms with Crippen LogP contribution >= 0.6 is 0 Å². The second-order valence-corrected chi connectivity index (χ2v) is 3.26. The van der Waals surface area contributed by atoms with Gasteiger partial charge in [0.05, 0.1) is 27.7 Å². The van der Waals surface area contributed by atoms with Gasteiger partial charge in [-0.15, -0.1) is 0 Å². The molecule has 0 saturated heterocycles. The van der Waals surface area contributed by atoms with Crippen molar-refractivity contribution in [1.29, 1.82) is 0 Å². The summed E-state index contributed by atoms with van der Waals surface area (Å²) in [6.45, 7) is 1.82. The Morgan fingerprint density at radius 1 is 1.40 bits per heavy atom. The number of ether oxygens (including phenoxy) is 1. The number of carbonyl (C=O) groups excluding carboxylic acids is 1. The molecule has 0 aromatic rings. The van der Waals surface area contributed by atoms with Crippen LogP contribution in [0.3, 0.4) is 0 Å². The fraction of sp³-hybridized carbons (Fsp3) is 0.857. The smallest absolute Gasteiger partial charge is 0.145 e. The van der Waals surface area contributed by atoms with Gasteiger partial charge in [0.15, 0.2) is 0 Å². The number of likely N-dealkylation sites (N-methyl/N-ethyl adjacent to an activating group) is 1. The first kappa shape index (κ1) is 9.59. The number of quaternary nitrogens is 1. The first-order chi connectivity index (χ1) is 4.56.